The number of ether oxygens (including phenoxy) is 1. The molecule has 3 heteroatoms. The van der Waals surface area contributed by atoms with Crippen LogP contribution in [0.15, 0.2) is 18.2 Å². The molecule has 0 bridgehead atoms. The fraction of sp³-hybridized carbons (Fsp3) is 0.400. The standard InChI is InChI=1S/C10H12INO/c1-13-10-6-2-5-9-8(10)4-3-7-12(9)11/h2,5-6H,3-4,7H2,1H3. The van der Waals surface area contributed by atoms with Crippen LogP contribution in [0.3, 0.4) is 0 Å². The molecule has 2 nitrogen and oxygen atoms in total. The Morgan fingerprint density at radius 3 is 3.08 bits per heavy atom. The number of hydrogen-bond acceptors (Lipinski definition) is 2. The van der Waals surface area contributed by atoms with Crippen molar-refractivity contribution in [3.63, 3.8) is 0 Å². The first-order valence-corrected chi connectivity index (χ1v) is 5.38. The van der Waals surface area contributed by atoms with Crippen LogP contribution in [0.1, 0.15) is 12.0 Å². The van der Waals surface area contributed by atoms with Crippen LogP contribution in [-0.4, -0.2) is 13.7 Å². The third-order valence-corrected chi connectivity index (χ3v) is 3.37. The van der Waals surface area contributed by atoms with Crippen LogP contribution >= 0.6 is 22.9 Å². The molecule has 0 spiro atoms. The minimum atomic E-state index is 1.03. The molecule has 0 aromatic heterocycles. The summed E-state index contributed by atoms with van der Waals surface area (Å²) in [6, 6.07) is 6.24. The van der Waals surface area contributed by atoms with Crippen molar-refractivity contribution in [2.24, 2.45) is 0 Å². The molecular formula is C10H12INO. The van der Waals surface area contributed by atoms with E-state index in [0.29, 0.717) is 0 Å². The summed E-state index contributed by atoms with van der Waals surface area (Å²) in [6.07, 6.45) is 2.36. The van der Waals surface area contributed by atoms with E-state index in [9.17, 15) is 0 Å². The smallest absolute Gasteiger partial charge is 0.124 e. The number of hydrogen-bond donors (Lipinski definition) is 0. The Morgan fingerprint density at radius 1 is 1.46 bits per heavy atom. The van der Waals surface area contributed by atoms with Crippen LogP contribution in [-0.2, 0) is 6.42 Å². The van der Waals surface area contributed by atoms with Crippen molar-refractivity contribution in [3.8, 4) is 5.75 Å². The quantitative estimate of drug-likeness (QED) is 0.582. The van der Waals surface area contributed by atoms with E-state index in [1.807, 2.05) is 6.07 Å². The molecule has 13 heavy (non-hydrogen) atoms. The fourth-order valence-electron chi connectivity index (χ4n) is 1.74. The number of rotatable bonds is 1. The molecule has 70 valence electrons. The van der Waals surface area contributed by atoms with Gasteiger partial charge in [-0.05, 0) is 25.0 Å². The van der Waals surface area contributed by atoms with Crippen molar-refractivity contribution >= 4 is 28.6 Å². The Hall–Kier alpha value is -0.450. The number of nitrogens with zero attached hydrogens (tertiary/aromatic N) is 1. The normalized spacial score (nSPS) is 15.4. The van der Waals surface area contributed by atoms with E-state index in [1.54, 1.807) is 7.11 Å². The first-order chi connectivity index (χ1) is 6.33. The van der Waals surface area contributed by atoms with Crippen molar-refractivity contribution in [1.82, 2.24) is 0 Å². The molecule has 0 unspecified atom stereocenters. The highest BCUT2D eigenvalue weighted by atomic mass is 127. The van der Waals surface area contributed by atoms with Gasteiger partial charge in [0.1, 0.15) is 5.75 Å². The van der Waals surface area contributed by atoms with Gasteiger partial charge in [-0.15, -0.1) is 0 Å². The van der Waals surface area contributed by atoms with Gasteiger partial charge in [0, 0.05) is 12.1 Å². The maximum Gasteiger partial charge on any atom is 0.124 e. The Kier molecular flexibility index (Phi) is 2.62. The van der Waals surface area contributed by atoms with Crippen molar-refractivity contribution in [3.05, 3.63) is 23.8 Å². The van der Waals surface area contributed by atoms with Gasteiger partial charge in [-0.1, -0.05) is 6.07 Å². The van der Waals surface area contributed by atoms with E-state index in [-0.39, 0.29) is 0 Å². The summed E-state index contributed by atoms with van der Waals surface area (Å²) in [6.45, 7) is 1.14. The molecule has 1 aromatic carbocycles. The molecule has 1 heterocycles. The lowest BCUT2D eigenvalue weighted by Crippen LogP contribution is -2.19. The number of methoxy groups -OCH3 is 1. The summed E-state index contributed by atoms with van der Waals surface area (Å²) >= 11 is 2.36. The van der Waals surface area contributed by atoms with E-state index >= 15 is 0 Å². The lowest BCUT2D eigenvalue weighted by molar-refractivity contribution is 0.408. The summed E-state index contributed by atoms with van der Waals surface area (Å²) in [4.78, 5) is 0. The van der Waals surface area contributed by atoms with Gasteiger partial charge >= 0.3 is 0 Å². The zero-order chi connectivity index (χ0) is 9.26. The number of fused-ring (bicyclic) bond motifs is 1. The van der Waals surface area contributed by atoms with Crippen LogP contribution < -0.4 is 7.85 Å². The predicted molar refractivity (Wildman–Crippen MR) is 62.7 cm³/mol. The van der Waals surface area contributed by atoms with Crippen molar-refractivity contribution in [2.75, 3.05) is 16.8 Å². The lowest BCUT2D eigenvalue weighted by atomic mass is 10.0. The van der Waals surface area contributed by atoms with Gasteiger partial charge < -0.3 is 7.85 Å². The van der Waals surface area contributed by atoms with Gasteiger partial charge in [0.25, 0.3) is 0 Å². The third-order valence-electron chi connectivity index (χ3n) is 2.37. The highest BCUT2D eigenvalue weighted by Crippen LogP contribution is 2.35. The molecular weight excluding hydrogens is 277 g/mol. The second-order valence-corrected chi connectivity index (χ2v) is 4.31. The summed E-state index contributed by atoms with van der Waals surface area (Å²) in [5, 5.41) is 0. The molecule has 0 radical (unpaired) electrons. The second kappa shape index (κ2) is 3.74. The van der Waals surface area contributed by atoms with E-state index in [4.69, 9.17) is 4.74 Å². The molecule has 1 aromatic rings. The van der Waals surface area contributed by atoms with E-state index in [1.165, 1.54) is 17.7 Å². The SMILES string of the molecule is COc1cccc2c1CCCN2I. The molecule has 2 rings (SSSR count). The van der Waals surface area contributed by atoms with Crippen LogP contribution in [0.5, 0.6) is 5.75 Å². The minimum Gasteiger partial charge on any atom is -0.496 e. The monoisotopic (exact) mass is 289 g/mol. The summed E-state index contributed by atoms with van der Waals surface area (Å²) in [5.41, 5.74) is 2.66. The highest BCUT2D eigenvalue weighted by molar-refractivity contribution is 14.1. The van der Waals surface area contributed by atoms with Gasteiger partial charge in [-0.3, -0.25) is 0 Å². The molecule has 0 aliphatic carbocycles. The van der Waals surface area contributed by atoms with Gasteiger partial charge in [0.15, 0.2) is 0 Å². The number of halogens is 1. The van der Waals surface area contributed by atoms with Crippen LogP contribution in [0.4, 0.5) is 5.69 Å². The molecule has 0 saturated heterocycles. The van der Waals surface area contributed by atoms with E-state index < -0.39 is 0 Å². The lowest BCUT2D eigenvalue weighted by Gasteiger charge is -2.26. The van der Waals surface area contributed by atoms with Crippen LogP contribution in [0, 0.1) is 0 Å². The number of benzene rings is 1. The molecule has 1 aliphatic rings. The zero-order valence-electron chi connectivity index (χ0n) is 7.59. The Morgan fingerprint density at radius 2 is 2.31 bits per heavy atom. The highest BCUT2D eigenvalue weighted by Gasteiger charge is 2.17. The van der Waals surface area contributed by atoms with E-state index in [2.05, 4.69) is 38.1 Å². The molecule has 0 fully saturated rings. The van der Waals surface area contributed by atoms with Crippen LogP contribution in [0.2, 0.25) is 0 Å². The van der Waals surface area contributed by atoms with Crippen molar-refractivity contribution in [1.29, 1.82) is 0 Å². The molecule has 0 N–H and O–H groups in total. The van der Waals surface area contributed by atoms with Gasteiger partial charge in [0.05, 0.1) is 35.7 Å². The molecule has 0 atom stereocenters. The average Bonchev–Trinajstić information content (AvgIpc) is 2.18. The fourth-order valence-corrected chi connectivity index (χ4v) is 2.53. The van der Waals surface area contributed by atoms with Gasteiger partial charge in [-0.2, -0.15) is 0 Å². The average molecular weight is 289 g/mol. The first kappa shape index (κ1) is 9.12. The maximum absolute atomic E-state index is 5.33. The zero-order valence-corrected chi connectivity index (χ0v) is 9.74. The number of anilines is 1. The summed E-state index contributed by atoms with van der Waals surface area (Å²) in [5.74, 6) is 1.03. The Balaban J connectivity index is 2.48. The summed E-state index contributed by atoms with van der Waals surface area (Å²) in [7, 11) is 1.74. The predicted octanol–water partition coefficient (Wildman–Crippen LogP) is 2.80. The first-order valence-electron chi connectivity index (χ1n) is 4.42. The van der Waals surface area contributed by atoms with Crippen LogP contribution in [0.25, 0.3) is 0 Å². The Labute approximate surface area is 92.4 Å². The Bertz CT molecular complexity index is 314. The largest absolute Gasteiger partial charge is 0.496 e. The third kappa shape index (κ3) is 1.61. The molecule has 1 aliphatic heterocycles. The van der Waals surface area contributed by atoms with Gasteiger partial charge in [0.2, 0.25) is 0 Å². The summed E-state index contributed by atoms with van der Waals surface area (Å²) < 4.78 is 7.59. The van der Waals surface area contributed by atoms with E-state index in [0.717, 1.165) is 18.7 Å². The topological polar surface area (TPSA) is 12.5 Å². The molecule has 0 amide bonds. The van der Waals surface area contributed by atoms with Crippen molar-refractivity contribution < 1.29 is 4.74 Å². The van der Waals surface area contributed by atoms with Gasteiger partial charge in [-0.25, -0.2) is 0 Å². The van der Waals surface area contributed by atoms with Crippen molar-refractivity contribution in [2.45, 2.75) is 12.8 Å². The second-order valence-electron chi connectivity index (χ2n) is 3.15. The molecule has 0 saturated carbocycles. The minimum absolute atomic E-state index is 1.03. The maximum atomic E-state index is 5.33.